The molecule has 1 heterocycles. The number of phenols is 5. The fourth-order valence-electron chi connectivity index (χ4n) is 2.12. The molecule has 0 atom stereocenters. The molecule has 0 spiro atoms. The molecule has 6 N–H and O–H groups in total. The van der Waals surface area contributed by atoms with E-state index in [0.717, 1.165) is 12.1 Å². The molecule has 0 amide bonds. The molecule has 3 rings (SSSR count). The molecule has 5 radical (unpaired) electrons. The van der Waals surface area contributed by atoms with Crippen molar-refractivity contribution in [3.63, 3.8) is 0 Å². The molecule has 0 bridgehead atoms. The minimum atomic E-state index is -0.785. The van der Waals surface area contributed by atoms with Crippen LogP contribution in [-0.2, 0) is 0 Å². The van der Waals surface area contributed by atoms with Gasteiger partial charge in [0.25, 0.3) is 0 Å². The standard InChI is InChI=1S/C13H9NO6.5Ac/c15-6-2-1-4-8(11(6)18)14-9-5(10(4)17)3-7(16)12(19)13(9)20;;;;;/h1-3,15-16,18-20H,(H,14,17);;;;;. The topological polar surface area (TPSA) is 134 Å². The molecule has 0 aliphatic rings. The monoisotopic (exact) mass is 1410 g/mol. The number of fused-ring (bicyclic) bond motifs is 2. The Kier molecular flexibility index (Phi) is 19.2. The molecule has 25 heavy (non-hydrogen) atoms. The minimum Gasteiger partial charge on any atom is -0.504 e. The SMILES string of the molecule is O=c1c2ccc(O)c(O)c2[nH]c2c(O)c(O)c(O)cc12.[Ac].[Ac].[Ac].[Ac].[Ac]. The van der Waals surface area contributed by atoms with Crippen LogP contribution < -0.4 is 5.43 Å². The van der Waals surface area contributed by atoms with Gasteiger partial charge in [0.05, 0.1) is 21.8 Å². The normalized spacial score (nSPS) is 8.96. The van der Waals surface area contributed by atoms with Crippen molar-refractivity contribution in [2.24, 2.45) is 0 Å². The Morgan fingerprint density at radius 2 is 1.16 bits per heavy atom. The number of aromatic hydroxyl groups is 5. The molecular formula is C13H9Ac5NO6. The first-order valence-corrected chi connectivity index (χ1v) is 5.56. The number of benzene rings is 2. The number of nitrogens with one attached hydrogen (secondary N) is 1. The Labute approximate surface area is 320 Å². The molecular weight excluding hydrogens is 1400 g/mol. The van der Waals surface area contributed by atoms with E-state index in [1.165, 1.54) is 6.07 Å². The fourth-order valence-corrected chi connectivity index (χ4v) is 2.12. The van der Waals surface area contributed by atoms with E-state index in [1.54, 1.807) is 0 Å². The van der Waals surface area contributed by atoms with Crippen LogP contribution >= 0.6 is 0 Å². The van der Waals surface area contributed by atoms with Crippen LogP contribution in [0, 0.1) is 220 Å². The molecule has 2 aromatic carbocycles. The van der Waals surface area contributed by atoms with Gasteiger partial charge in [-0.1, -0.05) is 0 Å². The van der Waals surface area contributed by atoms with E-state index in [2.05, 4.69) is 4.98 Å². The maximum absolute atomic E-state index is 12.3. The number of hydrogen-bond acceptors (Lipinski definition) is 6. The van der Waals surface area contributed by atoms with Gasteiger partial charge in [-0.3, -0.25) is 4.79 Å². The number of pyridine rings is 1. The van der Waals surface area contributed by atoms with E-state index in [0.29, 0.717) is 0 Å². The van der Waals surface area contributed by atoms with Gasteiger partial charge >= 0.3 is 0 Å². The first-order chi connectivity index (χ1) is 9.41. The van der Waals surface area contributed by atoms with Crippen LogP contribution in [0.2, 0.25) is 0 Å². The van der Waals surface area contributed by atoms with Crippen LogP contribution in [0.3, 0.4) is 0 Å². The van der Waals surface area contributed by atoms with E-state index in [9.17, 15) is 30.3 Å². The maximum Gasteiger partial charge on any atom is 0.202 e. The van der Waals surface area contributed by atoms with Crippen LogP contribution in [0.5, 0.6) is 28.7 Å². The molecule has 0 aliphatic carbocycles. The Hall–Kier alpha value is 4.12. The Bertz CT molecular complexity index is 946. The van der Waals surface area contributed by atoms with Crippen molar-refractivity contribution in [1.82, 2.24) is 4.98 Å². The van der Waals surface area contributed by atoms with Crippen molar-refractivity contribution in [3.8, 4) is 28.7 Å². The zero-order valence-corrected chi connectivity index (χ0v) is 36.5. The summed E-state index contributed by atoms with van der Waals surface area (Å²) in [6.07, 6.45) is 0. The van der Waals surface area contributed by atoms with Crippen molar-refractivity contribution >= 4 is 21.8 Å². The van der Waals surface area contributed by atoms with Crippen molar-refractivity contribution in [3.05, 3.63) is 28.4 Å². The minimum absolute atomic E-state index is 0. The summed E-state index contributed by atoms with van der Waals surface area (Å²) >= 11 is 0. The number of hydrogen-bond donors (Lipinski definition) is 6. The second-order valence-corrected chi connectivity index (χ2v) is 4.33. The molecule has 0 fully saturated rings. The summed E-state index contributed by atoms with van der Waals surface area (Å²) in [4.78, 5) is 14.8. The van der Waals surface area contributed by atoms with Gasteiger partial charge in [0, 0.05) is 220 Å². The number of H-pyrrole nitrogens is 1. The molecule has 3 aromatic rings. The third kappa shape index (κ3) is 6.80. The number of aromatic nitrogens is 1. The molecule has 117 valence electrons. The van der Waals surface area contributed by atoms with Crippen LogP contribution in [0.25, 0.3) is 21.8 Å². The molecule has 0 saturated carbocycles. The first-order valence-electron chi connectivity index (χ1n) is 5.56. The quantitative estimate of drug-likeness (QED) is 0.148. The summed E-state index contributed by atoms with van der Waals surface area (Å²) in [7, 11) is 0. The molecule has 0 saturated heterocycles. The first kappa shape index (κ1) is 33.7. The second-order valence-electron chi connectivity index (χ2n) is 4.33. The number of aromatic amines is 1. The van der Waals surface area contributed by atoms with Gasteiger partial charge in [-0.15, -0.1) is 0 Å². The molecule has 12 heteroatoms. The summed E-state index contributed by atoms with van der Waals surface area (Å²) in [5, 5.41) is 47.8. The van der Waals surface area contributed by atoms with Crippen molar-refractivity contribution in [2.45, 2.75) is 0 Å². The van der Waals surface area contributed by atoms with Gasteiger partial charge in [0.15, 0.2) is 28.4 Å². The number of phenolic OH excluding ortho intramolecular Hbond substituents is 5. The van der Waals surface area contributed by atoms with E-state index >= 15 is 0 Å². The van der Waals surface area contributed by atoms with Crippen molar-refractivity contribution < 1.29 is 246 Å². The van der Waals surface area contributed by atoms with E-state index in [-0.39, 0.29) is 242 Å². The maximum atomic E-state index is 12.3. The van der Waals surface area contributed by atoms with E-state index in [1.807, 2.05) is 0 Å². The summed E-state index contributed by atoms with van der Waals surface area (Å²) in [5.74, 6) is -3.12. The fraction of sp³-hybridized carbons (Fsp3) is 0. The van der Waals surface area contributed by atoms with Crippen molar-refractivity contribution in [1.29, 1.82) is 0 Å². The van der Waals surface area contributed by atoms with Gasteiger partial charge in [0.2, 0.25) is 5.75 Å². The zero-order valence-electron chi connectivity index (χ0n) is 12.8. The summed E-state index contributed by atoms with van der Waals surface area (Å²) in [6.45, 7) is 0. The van der Waals surface area contributed by atoms with Gasteiger partial charge < -0.3 is 30.5 Å². The second kappa shape index (κ2) is 14.2. The summed E-state index contributed by atoms with van der Waals surface area (Å²) in [6, 6.07) is 3.45. The summed E-state index contributed by atoms with van der Waals surface area (Å²) in [5.41, 5.74) is -0.809. The molecule has 1 aromatic heterocycles. The molecule has 0 unspecified atom stereocenters. The van der Waals surface area contributed by atoms with E-state index < -0.39 is 34.2 Å². The third-order valence-corrected chi connectivity index (χ3v) is 3.15. The van der Waals surface area contributed by atoms with Gasteiger partial charge in [-0.05, 0) is 18.2 Å². The van der Waals surface area contributed by atoms with Crippen LogP contribution in [0.15, 0.2) is 23.0 Å². The van der Waals surface area contributed by atoms with Gasteiger partial charge in [-0.25, -0.2) is 0 Å². The van der Waals surface area contributed by atoms with Crippen LogP contribution in [0.1, 0.15) is 0 Å². The zero-order chi connectivity index (χ0) is 14.6. The average Bonchev–Trinajstić information content (AvgIpc) is 2.42. The van der Waals surface area contributed by atoms with E-state index in [4.69, 9.17) is 0 Å². The average molecular weight is 1410 g/mol. The van der Waals surface area contributed by atoms with Gasteiger partial charge in [0.1, 0.15) is 0 Å². The van der Waals surface area contributed by atoms with Crippen LogP contribution in [-0.4, -0.2) is 30.5 Å². The third-order valence-electron chi connectivity index (χ3n) is 3.15. The predicted molar refractivity (Wildman–Crippen MR) is 70.4 cm³/mol. The predicted octanol–water partition coefficient (Wildman–Crippen LogP) is 1.21. The van der Waals surface area contributed by atoms with Gasteiger partial charge in [-0.2, -0.15) is 0 Å². The Morgan fingerprint density at radius 3 is 1.72 bits per heavy atom. The largest absolute Gasteiger partial charge is 0.504 e. The van der Waals surface area contributed by atoms with Crippen LogP contribution in [0.4, 0.5) is 0 Å². The number of rotatable bonds is 0. The smallest absolute Gasteiger partial charge is 0.202 e. The molecule has 7 nitrogen and oxygen atoms in total. The summed E-state index contributed by atoms with van der Waals surface area (Å²) < 4.78 is 0. The Morgan fingerprint density at radius 1 is 0.640 bits per heavy atom. The Balaban J connectivity index is -0.000000968. The van der Waals surface area contributed by atoms with Crippen molar-refractivity contribution in [2.75, 3.05) is 0 Å². The molecule has 0 aliphatic heterocycles.